The van der Waals surface area contributed by atoms with Crippen molar-refractivity contribution in [3.63, 3.8) is 0 Å². The van der Waals surface area contributed by atoms with Crippen molar-refractivity contribution in [2.75, 3.05) is 46.1 Å². The first-order chi connectivity index (χ1) is 10.9. The van der Waals surface area contributed by atoms with Gasteiger partial charge >= 0.3 is 0 Å². The maximum Gasteiger partial charge on any atom is 0.191 e. The summed E-state index contributed by atoms with van der Waals surface area (Å²) < 4.78 is 5.86. The Labute approximate surface area is 170 Å². The Morgan fingerprint density at radius 1 is 1.33 bits per heavy atom. The van der Waals surface area contributed by atoms with Crippen molar-refractivity contribution in [3.8, 4) is 0 Å². The van der Waals surface area contributed by atoms with E-state index >= 15 is 0 Å². The van der Waals surface area contributed by atoms with Crippen LogP contribution < -0.4 is 10.6 Å². The molecular formula is C17H37IN4OS. The summed E-state index contributed by atoms with van der Waals surface area (Å²) in [6, 6.07) is 0.515. The quantitative estimate of drug-likeness (QED) is 0.323. The molecule has 1 saturated heterocycles. The van der Waals surface area contributed by atoms with Gasteiger partial charge in [0.05, 0.1) is 12.7 Å². The van der Waals surface area contributed by atoms with Gasteiger partial charge in [-0.2, -0.15) is 11.8 Å². The van der Waals surface area contributed by atoms with E-state index in [1.54, 1.807) is 0 Å². The first-order valence-corrected chi connectivity index (χ1v) is 9.95. The average molecular weight is 472 g/mol. The minimum atomic E-state index is 0. The number of hydrogen-bond donors (Lipinski definition) is 2. The van der Waals surface area contributed by atoms with Gasteiger partial charge in [-0.05, 0) is 46.8 Å². The van der Waals surface area contributed by atoms with E-state index in [9.17, 15) is 0 Å². The molecule has 0 atom stereocenters. The highest BCUT2D eigenvalue weighted by Crippen LogP contribution is 2.19. The fourth-order valence-corrected chi connectivity index (χ4v) is 2.69. The SMILES string of the molecule is CN=C(NCC(C)(C)SC)NC1CCN(CCOC(C)C)CC1.I. The highest BCUT2D eigenvalue weighted by atomic mass is 127. The van der Waals surface area contributed by atoms with Gasteiger partial charge in [-0.3, -0.25) is 4.99 Å². The molecule has 1 aliphatic heterocycles. The lowest BCUT2D eigenvalue weighted by molar-refractivity contribution is 0.0532. The molecule has 1 heterocycles. The number of halogens is 1. The molecule has 7 heteroatoms. The summed E-state index contributed by atoms with van der Waals surface area (Å²) in [5.41, 5.74) is 0. The third-order valence-electron chi connectivity index (χ3n) is 4.24. The maximum absolute atomic E-state index is 5.64. The molecule has 0 aromatic carbocycles. The summed E-state index contributed by atoms with van der Waals surface area (Å²) in [6.45, 7) is 13.7. The van der Waals surface area contributed by atoms with Gasteiger partial charge in [-0.25, -0.2) is 0 Å². The van der Waals surface area contributed by atoms with Crippen molar-refractivity contribution < 1.29 is 4.74 Å². The highest BCUT2D eigenvalue weighted by molar-refractivity contribution is 14.0. The van der Waals surface area contributed by atoms with Crippen LogP contribution >= 0.6 is 35.7 Å². The first kappa shape index (κ1) is 24.3. The standard InChI is InChI=1S/C17H36N4OS.HI/c1-14(2)22-12-11-21-9-7-15(8-10-21)20-16(18-5)19-13-17(3,4)23-6;/h14-15H,7-13H2,1-6H3,(H2,18,19,20);1H. The maximum atomic E-state index is 5.64. The molecule has 24 heavy (non-hydrogen) atoms. The minimum Gasteiger partial charge on any atom is -0.377 e. The van der Waals surface area contributed by atoms with E-state index in [0.717, 1.165) is 51.6 Å². The second kappa shape index (κ2) is 12.6. The molecule has 0 unspecified atom stereocenters. The Hall–Kier alpha value is 0.270. The number of ether oxygens (including phenoxy) is 1. The van der Waals surface area contributed by atoms with E-state index in [1.807, 2.05) is 18.8 Å². The van der Waals surface area contributed by atoms with Gasteiger partial charge in [0.1, 0.15) is 0 Å². The van der Waals surface area contributed by atoms with Gasteiger partial charge in [-0.15, -0.1) is 24.0 Å². The molecule has 1 aliphatic rings. The zero-order valence-corrected chi connectivity index (χ0v) is 19.4. The van der Waals surface area contributed by atoms with E-state index < -0.39 is 0 Å². The Kier molecular flexibility index (Phi) is 12.7. The van der Waals surface area contributed by atoms with Crippen LogP contribution in [0.15, 0.2) is 4.99 Å². The van der Waals surface area contributed by atoms with E-state index in [4.69, 9.17) is 4.74 Å². The van der Waals surface area contributed by atoms with Crippen molar-refractivity contribution in [1.82, 2.24) is 15.5 Å². The average Bonchev–Trinajstić information content (AvgIpc) is 2.52. The normalized spacial score (nSPS) is 17.7. The minimum absolute atomic E-state index is 0. The number of likely N-dealkylation sites (tertiary alicyclic amines) is 1. The van der Waals surface area contributed by atoms with Crippen LogP contribution in [0, 0.1) is 0 Å². The predicted octanol–water partition coefficient (Wildman–Crippen LogP) is 2.80. The van der Waals surface area contributed by atoms with Crippen molar-refractivity contribution in [3.05, 3.63) is 0 Å². The van der Waals surface area contributed by atoms with E-state index in [1.165, 1.54) is 0 Å². The fraction of sp³-hybridized carbons (Fsp3) is 0.941. The lowest BCUT2D eigenvalue weighted by Gasteiger charge is -2.33. The molecule has 1 fully saturated rings. The molecule has 5 nitrogen and oxygen atoms in total. The van der Waals surface area contributed by atoms with Gasteiger partial charge < -0.3 is 20.3 Å². The van der Waals surface area contributed by atoms with Crippen LogP contribution in [-0.4, -0.2) is 73.8 Å². The zero-order valence-electron chi connectivity index (χ0n) is 16.2. The summed E-state index contributed by atoms with van der Waals surface area (Å²) in [6.07, 6.45) is 4.80. The number of nitrogens with zero attached hydrogens (tertiary/aromatic N) is 2. The third-order valence-corrected chi connectivity index (χ3v) is 5.49. The van der Waals surface area contributed by atoms with Gasteiger partial charge in [0, 0.05) is 44.0 Å². The Balaban J connectivity index is 0.00000529. The van der Waals surface area contributed by atoms with Crippen LogP contribution in [0.25, 0.3) is 0 Å². The lowest BCUT2D eigenvalue weighted by atomic mass is 10.1. The van der Waals surface area contributed by atoms with Crippen LogP contribution in [0.1, 0.15) is 40.5 Å². The summed E-state index contributed by atoms with van der Waals surface area (Å²) in [4.78, 5) is 6.85. The number of guanidine groups is 1. The molecule has 0 bridgehead atoms. The monoisotopic (exact) mass is 472 g/mol. The Morgan fingerprint density at radius 3 is 2.46 bits per heavy atom. The van der Waals surface area contributed by atoms with Crippen molar-refractivity contribution in [2.45, 2.75) is 57.4 Å². The molecule has 0 aromatic heterocycles. The summed E-state index contributed by atoms with van der Waals surface area (Å²) in [5.74, 6) is 0.925. The number of hydrogen-bond acceptors (Lipinski definition) is 4. The second-order valence-corrected chi connectivity index (χ2v) is 8.58. The Morgan fingerprint density at radius 2 is 1.96 bits per heavy atom. The van der Waals surface area contributed by atoms with Crippen LogP contribution in [0.3, 0.4) is 0 Å². The van der Waals surface area contributed by atoms with Gasteiger partial charge in [0.25, 0.3) is 0 Å². The molecular weight excluding hydrogens is 435 g/mol. The second-order valence-electron chi connectivity index (χ2n) is 7.07. The van der Waals surface area contributed by atoms with E-state index in [2.05, 4.69) is 54.5 Å². The van der Waals surface area contributed by atoms with Crippen LogP contribution in [0.5, 0.6) is 0 Å². The molecule has 0 amide bonds. The van der Waals surface area contributed by atoms with Crippen LogP contribution in [0.4, 0.5) is 0 Å². The van der Waals surface area contributed by atoms with Gasteiger partial charge in [0.15, 0.2) is 5.96 Å². The smallest absolute Gasteiger partial charge is 0.191 e. The van der Waals surface area contributed by atoms with Crippen molar-refractivity contribution in [1.29, 1.82) is 0 Å². The molecule has 0 spiro atoms. The van der Waals surface area contributed by atoms with Crippen LogP contribution in [0.2, 0.25) is 0 Å². The number of aliphatic imine (C=N–C) groups is 1. The summed E-state index contributed by atoms with van der Waals surface area (Å²) in [5, 5.41) is 7.02. The van der Waals surface area contributed by atoms with E-state index in [0.29, 0.717) is 12.1 Å². The molecule has 1 rings (SSSR count). The fourth-order valence-electron chi connectivity index (χ4n) is 2.48. The van der Waals surface area contributed by atoms with E-state index in [-0.39, 0.29) is 28.7 Å². The summed E-state index contributed by atoms with van der Waals surface area (Å²) in [7, 11) is 1.85. The molecule has 2 N–H and O–H groups in total. The predicted molar refractivity (Wildman–Crippen MR) is 118 cm³/mol. The van der Waals surface area contributed by atoms with Gasteiger partial charge in [0.2, 0.25) is 0 Å². The van der Waals surface area contributed by atoms with Crippen LogP contribution in [-0.2, 0) is 4.74 Å². The third kappa shape index (κ3) is 10.3. The zero-order chi connectivity index (χ0) is 17.3. The molecule has 0 saturated carbocycles. The number of piperidine rings is 1. The van der Waals surface area contributed by atoms with Crippen molar-refractivity contribution >= 4 is 41.7 Å². The number of thioether (sulfide) groups is 1. The number of rotatable bonds is 8. The molecule has 144 valence electrons. The van der Waals surface area contributed by atoms with Crippen molar-refractivity contribution in [2.24, 2.45) is 4.99 Å². The Bertz CT molecular complexity index is 358. The lowest BCUT2D eigenvalue weighted by Crippen LogP contribution is -2.50. The first-order valence-electron chi connectivity index (χ1n) is 8.72. The van der Waals surface area contributed by atoms with Gasteiger partial charge in [-0.1, -0.05) is 0 Å². The molecule has 0 radical (unpaired) electrons. The topological polar surface area (TPSA) is 48.9 Å². The summed E-state index contributed by atoms with van der Waals surface area (Å²) >= 11 is 1.87. The molecule has 0 aromatic rings. The molecule has 0 aliphatic carbocycles. The number of nitrogens with one attached hydrogen (secondary N) is 2. The largest absolute Gasteiger partial charge is 0.377 e. The highest BCUT2D eigenvalue weighted by Gasteiger charge is 2.21.